The molecule has 0 spiro atoms. The van der Waals surface area contributed by atoms with Crippen molar-refractivity contribution in [3.63, 3.8) is 0 Å². The first kappa shape index (κ1) is 20.2. The summed E-state index contributed by atoms with van der Waals surface area (Å²) in [5.41, 5.74) is 1.93. The Kier molecular flexibility index (Phi) is 6.22. The third-order valence-corrected chi connectivity index (χ3v) is 5.67. The van der Waals surface area contributed by atoms with Crippen molar-refractivity contribution >= 4 is 38.1 Å². The van der Waals surface area contributed by atoms with Crippen molar-refractivity contribution in [2.24, 2.45) is 0 Å². The number of hydrogen-bond acceptors (Lipinski definition) is 8. The fraction of sp³-hybridized carbons (Fsp3) is 0.278. The highest BCUT2D eigenvalue weighted by molar-refractivity contribution is 7.88. The minimum atomic E-state index is -3.19. The number of thiazole rings is 1. The van der Waals surface area contributed by atoms with E-state index in [0.29, 0.717) is 18.9 Å². The Morgan fingerprint density at radius 2 is 2.00 bits per heavy atom. The van der Waals surface area contributed by atoms with Crippen LogP contribution in [0.5, 0.6) is 0 Å². The molecular formula is C18H22N6O2S2. The highest BCUT2D eigenvalue weighted by atomic mass is 32.2. The fourth-order valence-electron chi connectivity index (χ4n) is 2.43. The van der Waals surface area contributed by atoms with Crippen molar-refractivity contribution in [2.75, 3.05) is 36.6 Å². The summed E-state index contributed by atoms with van der Waals surface area (Å²) in [6.07, 6.45) is 4.68. The number of likely N-dealkylation sites (N-methyl/N-ethyl adjacent to an activating group) is 1. The minimum absolute atomic E-state index is 0.325. The van der Waals surface area contributed by atoms with Crippen LogP contribution in [0.4, 0.5) is 16.8 Å². The highest BCUT2D eigenvalue weighted by Gasteiger charge is 2.11. The molecule has 0 aliphatic heterocycles. The van der Waals surface area contributed by atoms with E-state index in [0.717, 1.165) is 33.3 Å². The molecule has 0 bridgehead atoms. The molecule has 8 nitrogen and oxygen atoms in total. The second-order valence-corrected chi connectivity index (χ2v) is 9.19. The molecule has 2 N–H and O–H groups in total. The summed E-state index contributed by atoms with van der Waals surface area (Å²) in [6.45, 7) is 2.86. The zero-order chi connectivity index (χ0) is 20.1. The van der Waals surface area contributed by atoms with Crippen LogP contribution in [-0.4, -0.2) is 49.8 Å². The molecule has 0 aliphatic rings. The Labute approximate surface area is 168 Å². The van der Waals surface area contributed by atoms with E-state index in [1.54, 1.807) is 12.4 Å². The first-order chi connectivity index (χ1) is 13.3. The third kappa shape index (κ3) is 5.72. The molecule has 3 aromatic rings. The summed E-state index contributed by atoms with van der Waals surface area (Å²) >= 11 is 1.50. The van der Waals surface area contributed by atoms with Crippen LogP contribution in [0.15, 0.2) is 42.7 Å². The lowest BCUT2D eigenvalue weighted by molar-refractivity contribution is 0.587. The number of nitrogens with zero attached hydrogens (tertiary/aromatic N) is 4. The van der Waals surface area contributed by atoms with Gasteiger partial charge in [0.2, 0.25) is 10.0 Å². The molecule has 0 amide bonds. The largest absolute Gasteiger partial charge is 0.350 e. The van der Waals surface area contributed by atoms with Crippen LogP contribution in [-0.2, 0) is 10.0 Å². The van der Waals surface area contributed by atoms with E-state index in [2.05, 4.69) is 25.0 Å². The Hall–Kier alpha value is -2.56. The Morgan fingerprint density at radius 3 is 2.75 bits per heavy atom. The van der Waals surface area contributed by atoms with Crippen molar-refractivity contribution in [1.29, 1.82) is 0 Å². The van der Waals surface area contributed by atoms with Crippen molar-refractivity contribution in [2.45, 2.75) is 6.92 Å². The van der Waals surface area contributed by atoms with Gasteiger partial charge in [0.1, 0.15) is 11.6 Å². The number of nitrogens with one attached hydrogen (secondary N) is 2. The molecule has 0 atom stereocenters. The van der Waals surface area contributed by atoms with Crippen molar-refractivity contribution in [3.05, 3.63) is 48.3 Å². The molecule has 28 heavy (non-hydrogen) atoms. The number of sulfonamides is 1. The molecule has 0 aliphatic carbocycles. The van der Waals surface area contributed by atoms with Gasteiger partial charge in [-0.2, -0.15) is 0 Å². The molecule has 3 aromatic heterocycles. The monoisotopic (exact) mass is 418 g/mol. The summed E-state index contributed by atoms with van der Waals surface area (Å²) in [5, 5.41) is 4.01. The molecule has 10 heteroatoms. The van der Waals surface area contributed by atoms with Crippen molar-refractivity contribution in [1.82, 2.24) is 19.7 Å². The molecule has 3 rings (SSSR count). The van der Waals surface area contributed by atoms with Crippen LogP contribution in [0, 0.1) is 6.92 Å². The minimum Gasteiger partial charge on any atom is -0.350 e. The molecule has 0 saturated carbocycles. The predicted molar refractivity (Wildman–Crippen MR) is 114 cm³/mol. The van der Waals surface area contributed by atoms with Gasteiger partial charge in [-0.05, 0) is 36.8 Å². The third-order valence-electron chi connectivity index (χ3n) is 3.80. The fourth-order valence-corrected chi connectivity index (χ4v) is 3.77. The molecule has 0 aromatic carbocycles. The van der Waals surface area contributed by atoms with Gasteiger partial charge in [-0.25, -0.2) is 28.1 Å². The summed E-state index contributed by atoms with van der Waals surface area (Å²) in [5.74, 6) is 1.45. The van der Waals surface area contributed by atoms with Crippen molar-refractivity contribution in [3.8, 4) is 10.6 Å². The van der Waals surface area contributed by atoms with E-state index in [1.165, 1.54) is 11.3 Å². The second-order valence-electron chi connectivity index (χ2n) is 6.35. The van der Waals surface area contributed by atoms with Crippen LogP contribution >= 0.6 is 11.3 Å². The van der Waals surface area contributed by atoms with Gasteiger partial charge in [0.15, 0.2) is 5.13 Å². The molecule has 0 radical (unpaired) electrons. The van der Waals surface area contributed by atoms with E-state index in [1.807, 2.05) is 49.2 Å². The van der Waals surface area contributed by atoms with E-state index in [9.17, 15) is 8.42 Å². The summed E-state index contributed by atoms with van der Waals surface area (Å²) in [4.78, 5) is 16.2. The van der Waals surface area contributed by atoms with Gasteiger partial charge in [-0.1, -0.05) is 17.4 Å². The number of hydrogen-bond donors (Lipinski definition) is 2. The second kappa shape index (κ2) is 8.63. The maximum atomic E-state index is 11.2. The Bertz CT molecular complexity index is 1050. The quantitative estimate of drug-likeness (QED) is 0.580. The number of rotatable bonds is 8. The maximum Gasteiger partial charge on any atom is 0.208 e. The van der Waals surface area contributed by atoms with Gasteiger partial charge in [0.05, 0.1) is 16.8 Å². The lowest BCUT2D eigenvalue weighted by atomic mass is 10.3. The molecule has 0 saturated heterocycles. The lowest BCUT2D eigenvalue weighted by Crippen LogP contribution is -2.32. The first-order valence-electron chi connectivity index (χ1n) is 8.59. The highest BCUT2D eigenvalue weighted by Crippen LogP contribution is 2.30. The Morgan fingerprint density at radius 1 is 1.18 bits per heavy atom. The summed E-state index contributed by atoms with van der Waals surface area (Å²) < 4.78 is 24.8. The molecular weight excluding hydrogens is 396 g/mol. The normalized spacial score (nSPS) is 11.4. The van der Waals surface area contributed by atoms with Crippen LogP contribution < -0.4 is 14.9 Å². The summed E-state index contributed by atoms with van der Waals surface area (Å²) in [6, 6.07) is 9.64. The number of aromatic nitrogens is 3. The SMILES string of the molecule is Cc1ccnc(Nc2cccc(-c3cnc(N(C)CCNS(C)(=O)=O)s3)n2)c1. The predicted octanol–water partition coefficient (Wildman–Crippen LogP) is 2.64. The standard InChI is InChI=1S/C18H22N6O2S2/c1-13-7-8-19-17(11-13)23-16-6-4-5-14(22-16)15-12-20-18(27-15)24(2)10-9-21-28(3,25)26/h4-8,11-12,21H,9-10H2,1-3H3,(H,19,22,23). The van der Waals surface area contributed by atoms with E-state index in [4.69, 9.17) is 0 Å². The number of anilines is 3. The Balaban J connectivity index is 1.69. The zero-order valence-electron chi connectivity index (χ0n) is 15.9. The lowest BCUT2D eigenvalue weighted by Gasteiger charge is -2.15. The van der Waals surface area contributed by atoms with Crippen LogP contribution in [0.2, 0.25) is 0 Å². The molecule has 0 unspecified atom stereocenters. The topological polar surface area (TPSA) is 100 Å². The average molecular weight is 419 g/mol. The first-order valence-corrected chi connectivity index (χ1v) is 11.3. The van der Waals surface area contributed by atoms with Gasteiger partial charge in [0.25, 0.3) is 0 Å². The zero-order valence-corrected chi connectivity index (χ0v) is 17.5. The van der Waals surface area contributed by atoms with Gasteiger partial charge < -0.3 is 10.2 Å². The van der Waals surface area contributed by atoms with Crippen molar-refractivity contribution < 1.29 is 8.42 Å². The number of aryl methyl sites for hydroxylation is 1. The van der Waals surface area contributed by atoms with Gasteiger partial charge >= 0.3 is 0 Å². The van der Waals surface area contributed by atoms with Crippen LogP contribution in [0.1, 0.15) is 5.56 Å². The van der Waals surface area contributed by atoms with Gasteiger partial charge in [0, 0.05) is 32.5 Å². The van der Waals surface area contributed by atoms with Crippen LogP contribution in [0.25, 0.3) is 10.6 Å². The van der Waals surface area contributed by atoms with E-state index < -0.39 is 10.0 Å². The van der Waals surface area contributed by atoms with Crippen LogP contribution in [0.3, 0.4) is 0 Å². The molecule has 0 fully saturated rings. The van der Waals surface area contributed by atoms with E-state index >= 15 is 0 Å². The average Bonchev–Trinajstić information content (AvgIpc) is 3.11. The summed E-state index contributed by atoms with van der Waals surface area (Å²) in [7, 11) is -1.31. The smallest absolute Gasteiger partial charge is 0.208 e. The molecule has 3 heterocycles. The maximum absolute atomic E-state index is 11.2. The van der Waals surface area contributed by atoms with Gasteiger partial charge in [-0.3, -0.25) is 0 Å². The molecule has 148 valence electrons. The van der Waals surface area contributed by atoms with Gasteiger partial charge in [-0.15, -0.1) is 0 Å². The van der Waals surface area contributed by atoms with E-state index in [-0.39, 0.29) is 0 Å². The number of pyridine rings is 2.